The van der Waals surface area contributed by atoms with Gasteiger partial charge in [-0.1, -0.05) is 18.2 Å². The van der Waals surface area contributed by atoms with Gasteiger partial charge in [0.15, 0.2) is 5.96 Å². The molecule has 1 heterocycles. The summed E-state index contributed by atoms with van der Waals surface area (Å²) in [5, 5.41) is 3.05. The number of nitrogens with two attached hydrogens (primary N) is 1. The van der Waals surface area contributed by atoms with E-state index in [1.807, 2.05) is 56.6 Å². The van der Waals surface area contributed by atoms with Crippen LogP contribution in [0.1, 0.15) is 5.56 Å². The number of guanidine groups is 1. The summed E-state index contributed by atoms with van der Waals surface area (Å²) in [4.78, 5) is 10.6. The van der Waals surface area contributed by atoms with Crippen LogP contribution >= 0.6 is 0 Å². The molecule has 0 fully saturated rings. The minimum atomic E-state index is 0.378. The molecule has 6 heteroatoms. The molecule has 0 bridgehead atoms. The average molecular weight is 313 g/mol. The highest BCUT2D eigenvalue weighted by Crippen LogP contribution is 2.10. The van der Waals surface area contributed by atoms with Gasteiger partial charge in [-0.3, -0.25) is 0 Å². The van der Waals surface area contributed by atoms with Crippen LogP contribution in [-0.2, 0) is 6.54 Å². The molecule has 3 N–H and O–H groups in total. The Labute approximate surface area is 137 Å². The first-order valence-corrected chi connectivity index (χ1v) is 7.48. The van der Waals surface area contributed by atoms with Gasteiger partial charge in [0.25, 0.3) is 0 Å². The molecule has 122 valence electrons. The molecule has 0 atom stereocenters. The van der Waals surface area contributed by atoms with Crippen molar-refractivity contribution < 1.29 is 4.74 Å². The van der Waals surface area contributed by atoms with Gasteiger partial charge in [-0.15, -0.1) is 0 Å². The van der Waals surface area contributed by atoms with Crippen molar-refractivity contribution in [3.05, 3.63) is 54.2 Å². The molecule has 0 saturated carbocycles. The first-order valence-electron chi connectivity index (χ1n) is 7.48. The number of hydrogen-bond donors (Lipinski definition) is 2. The van der Waals surface area contributed by atoms with E-state index in [-0.39, 0.29) is 0 Å². The Morgan fingerprint density at radius 2 is 2.04 bits per heavy atom. The highest BCUT2D eigenvalue weighted by molar-refractivity contribution is 5.92. The fourth-order valence-electron chi connectivity index (χ4n) is 1.85. The predicted molar refractivity (Wildman–Crippen MR) is 93.7 cm³/mol. The quantitative estimate of drug-likeness (QED) is 0.603. The molecule has 6 nitrogen and oxygen atoms in total. The van der Waals surface area contributed by atoms with Crippen LogP contribution in [0.3, 0.4) is 0 Å². The van der Waals surface area contributed by atoms with Crippen molar-refractivity contribution in [2.45, 2.75) is 6.54 Å². The normalized spacial score (nSPS) is 11.5. The molecular formula is C17H23N5O. The number of nitrogens with zero attached hydrogens (tertiary/aromatic N) is 3. The number of aromatic nitrogens is 1. The monoisotopic (exact) mass is 313 g/mol. The molecule has 0 radical (unpaired) electrons. The molecule has 0 aliphatic rings. The van der Waals surface area contributed by atoms with E-state index in [2.05, 4.69) is 20.2 Å². The predicted octanol–water partition coefficient (Wildman–Crippen LogP) is 1.95. The summed E-state index contributed by atoms with van der Waals surface area (Å²) in [6.07, 6.45) is 1.72. The van der Waals surface area contributed by atoms with E-state index in [1.54, 1.807) is 6.20 Å². The number of para-hydroxylation sites is 1. The Hall–Kier alpha value is -2.60. The second-order valence-corrected chi connectivity index (χ2v) is 5.35. The average Bonchev–Trinajstić information content (AvgIpc) is 2.54. The molecule has 0 saturated heterocycles. The van der Waals surface area contributed by atoms with E-state index >= 15 is 0 Å². The van der Waals surface area contributed by atoms with Crippen LogP contribution in [-0.4, -0.2) is 43.1 Å². The van der Waals surface area contributed by atoms with E-state index < -0.39 is 0 Å². The Balaban J connectivity index is 1.88. The maximum atomic E-state index is 5.89. The maximum Gasteiger partial charge on any atom is 0.213 e. The smallest absolute Gasteiger partial charge is 0.213 e. The first kappa shape index (κ1) is 16.8. The molecular weight excluding hydrogens is 290 g/mol. The molecule has 0 unspecified atom stereocenters. The topological polar surface area (TPSA) is 75.8 Å². The Bertz CT molecular complexity index is 628. The van der Waals surface area contributed by atoms with Crippen LogP contribution in [0.2, 0.25) is 0 Å². The number of pyridine rings is 1. The second-order valence-electron chi connectivity index (χ2n) is 5.35. The lowest BCUT2D eigenvalue weighted by atomic mass is 10.3. The number of likely N-dealkylation sites (N-methyl/N-ethyl adjacent to an activating group) is 1. The molecule has 0 amide bonds. The van der Waals surface area contributed by atoms with Crippen LogP contribution < -0.4 is 15.8 Å². The lowest BCUT2D eigenvalue weighted by Gasteiger charge is -2.10. The van der Waals surface area contributed by atoms with Gasteiger partial charge in [0, 0.05) is 24.5 Å². The molecule has 0 spiro atoms. The summed E-state index contributed by atoms with van der Waals surface area (Å²) in [5.74, 6) is 0.984. The van der Waals surface area contributed by atoms with Gasteiger partial charge >= 0.3 is 0 Å². The van der Waals surface area contributed by atoms with Crippen molar-refractivity contribution in [1.82, 2.24) is 9.88 Å². The van der Waals surface area contributed by atoms with Crippen LogP contribution in [0.5, 0.6) is 5.88 Å². The second kappa shape index (κ2) is 8.75. The first-order chi connectivity index (χ1) is 11.1. The van der Waals surface area contributed by atoms with E-state index in [9.17, 15) is 0 Å². The third-order valence-electron chi connectivity index (χ3n) is 3.07. The summed E-state index contributed by atoms with van der Waals surface area (Å²) in [7, 11) is 4.01. The van der Waals surface area contributed by atoms with E-state index in [4.69, 9.17) is 10.5 Å². The number of aliphatic imine (C=N–C) groups is 1. The van der Waals surface area contributed by atoms with E-state index in [0.717, 1.165) is 17.8 Å². The highest BCUT2D eigenvalue weighted by atomic mass is 16.5. The Morgan fingerprint density at radius 3 is 2.78 bits per heavy atom. The summed E-state index contributed by atoms with van der Waals surface area (Å²) < 4.78 is 5.61. The van der Waals surface area contributed by atoms with Crippen molar-refractivity contribution in [2.75, 3.05) is 32.6 Å². The summed E-state index contributed by atoms with van der Waals surface area (Å²) in [5.41, 5.74) is 7.80. The van der Waals surface area contributed by atoms with Crippen molar-refractivity contribution in [3.63, 3.8) is 0 Å². The molecule has 0 aliphatic heterocycles. The summed E-state index contributed by atoms with van der Waals surface area (Å²) in [6.45, 7) is 1.92. The Morgan fingerprint density at radius 1 is 1.26 bits per heavy atom. The number of hydrogen-bond acceptors (Lipinski definition) is 4. The van der Waals surface area contributed by atoms with Gasteiger partial charge < -0.3 is 20.7 Å². The maximum absolute atomic E-state index is 5.89. The SMILES string of the molecule is CN(C)CCOc1cc(CN=C(N)Nc2ccccc2)ccn1. The largest absolute Gasteiger partial charge is 0.476 e. The summed E-state index contributed by atoms with van der Waals surface area (Å²) in [6, 6.07) is 13.5. The van der Waals surface area contributed by atoms with Crippen molar-refractivity contribution in [3.8, 4) is 5.88 Å². The lowest BCUT2D eigenvalue weighted by molar-refractivity contribution is 0.253. The van der Waals surface area contributed by atoms with Gasteiger partial charge in [-0.05, 0) is 37.9 Å². The number of ether oxygens (including phenoxy) is 1. The molecule has 1 aromatic carbocycles. The third kappa shape index (κ3) is 6.36. The molecule has 23 heavy (non-hydrogen) atoms. The highest BCUT2D eigenvalue weighted by Gasteiger charge is 2.00. The van der Waals surface area contributed by atoms with Crippen LogP contribution in [0.25, 0.3) is 0 Å². The van der Waals surface area contributed by atoms with E-state index in [1.165, 1.54) is 0 Å². The minimum absolute atomic E-state index is 0.378. The standard InChI is InChI=1S/C17H23N5O/c1-22(2)10-11-23-16-12-14(8-9-19-16)13-20-17(18)21-15-6-4-3-5-7-15/h3-9,12H,10-11,13H2,1-2H3,(H3,18,20,21). The van der Waals surface area contributed by atoms with Crippen molar-refractivity contribution in [1.29, 1.82) is 0 Å². The van der Waals surface area contributed by atoms with Crippen LogP contribution in [0.15, 0.2) is 53.7 Å². The minimum Gasteiger partial charge on any atom is -0.476 e. The Kier molecular flexibility index (Phi) is 6.38. The molecule has 0 aliphatic carbocycles. The number of nitrogens with one attached hydrogen (secondary N) is 1. The van der Waals surface area contributed by atoms with Gasteiger partial charge in [0.2, 0.25) is 5.88 Å². The molecule has 1 aromatic heterocycles. The number of benzene rings is 1. The zero-order valence-corrected chi connectivity index (χ0v) is 13.6. The van der Waals surface area contributed by atoms with Crippen molar-refractivity contribution >= 4 is 11.6 Å². The van der Waals surface area contributed by atoms with Gasteiger partial charge in [-0.2, -0.15) is 0 Å². The van der Waals surface area contributed by atoms with Crippen molar-refractivity contribution in [2.24, 2.45) is 10.7 Å². The van der Waals surface area contributed by atoms with Crippen LogP contribution in [0, 0.1) is 0 Å². The fraction of sp³-hybridized carbons (Fsp3) is 0.294. The van der Waals surface area contributed by atoms with Crippen LogP contribution in [0.4, 0.5) is 5.69 Å². The van der Waals surface area contributed by atoms with Gasteiger partial charge in [-0.25, -0.2) is 9.98 Å². The fourth-order valence-corrected chi connectivity index (χ4v) is 1.85. The molecule has 2 aromatic rings. The zero-order chi connectivity index (χ0) is 16.5. The van der Waals surface area contributed by atoms with Gasteiger partial charge in [0.1, 0.15) is 6.61 Å². The lowest BCUT2D eigenvalue weighted by Crippen LogP contribution is -2.22. The zero-order valence-electron chi connectivity index (χ0n) is 13.6. The van der Waals surface area contributed by atoms with E-state index in [0.29, 0.717) is 25.0 Å². The third-order valence-corrected chi connectivity index (χ3v) is 3.07. The number of anilines is 1. The molecule has 2 rings (SSSR count). The summed E-state index contributed by atoms with van der Waals surface area (Å²) >= 11 is 0. The number of rotatable bonds is 7. The van der Waals surface area contributed by atoms with Gasteiger partial charge in [0.05, 0.1) is 6.54 Å².